The van der Waals surface area contributed by atoms with Crippen molar-refractivity contribution in [1.29, 1.82) is 0 Å². The summed E-state index contributed by atoms with van der Waals surface area (Å²) in [5.74, 6) is 0.215. The van der Waals surface area contributed by atoms with E-state index in [0.29, 0.717) is 11.5 Å². The third-order valence-electron chi connectivity index (χ3n) is 3.34. The Morgan fingerprint density at radius 1 is 1.47 bits per heavy atom. The first-order valence-corrected chi connectivity index (χ1v) is 5.88. The standard InChI is InChI=1S/C12H24N2O/c1-8(2)10(13)11(15)14-9-5-6-12(3,4)7-9/h8-10H,5-7,13H2,1-4H3,(H,14,15). The van der Waals surface area contributed by atoms with Gasteiger partial charge in [-0.25, -0.2) is 0 Å². The lowest BCUT2D eigenvalue weighted by Crippen LogP contribution is -2.47. The molecule has 1 saturated carbocycles. The van der Waals surface area contributed by atoms with E-state index < -0.39 is 0 Å². The number of carbonyl (C=O) groups excluding carboxylic acids is 1. The summed E-state index contributed by atoms with van der Waals surface area (Å²) in [5, 5.41) is 3.05. The minimum Gasteiger partial charge on any atom is -0.352 e. The third-order valence-corrected chi connectivity index (χ3v) is 3.34. The number of nitrogens with one attached hydrogen (secondary N) is 1. The minimum atomic E-state index is -0.367. The van der Waals surface area contributed by atoms with Gasteiger partial charge in [-0.05, 0) is 30.6 Å². The van der Waals surface area contributed by atoms with Crippen LogP contribution in [-0.2, 0) is 4.79 Å². The van der Waals surface area contributed by atoms with Gasteiger partial charge in [-0.3, -0.25) is 4.79 Å². The molecule has 3 N–H and O–H groups in total. The normalized spacial score (nSPS) is 26.7. The molecule has 0 spiro atoms. The van der Waals surface area contributed by atoms with Gasteiger partial charge in [0, 0.05) is 6.04 Å². The van der Waals surface area contributed by atoms with Crippen LogP contribution >= 0.6 is 0 Å². The highest BCUT2D eigenvalue weighted by Gasteiger charge is 2.32. The molecule has 3 nitrogen and oxygen atoms in total. The van der Waals surface area contributed by atoms with Gasteiger partial charge >= 0.3 is 0 Å². The molecule has 0 aromatic heterocycles. The van der Waals surface area contributed by atoms with Crippen molar-refractivity contribution in [2.75, 3.05) is 0 Å². The minimum absolute atomic E-state index is 0.00713. The molecule has 2 atom stereocenters. The zero-order valence-corrected chi connectivity index (χ0v) is 10.3. The maximum Gasteiger partial charge on any atom is 0.237 e. The van der Waals surface area contributed by atoms with Crippen molar-refractivity contribution in [3.05, 3.63) is 0 Å². The number of hydrogen-bond donors (Lipinski definition) is 2. The topological polar surface area (TPSA) is 55.1 Å². The Morgan fingerprint density at radius 3 is 2.47 bits per heavy atom. The summed E-state index contributed by atoms with van der Waals surface area (Å²) < 4.78 is 0. The number of rotatable bonds is 3. The van der Waals surface area contributed by atoms with Crippen molar-refractivity contribution in [2.24, 2.45) is 17.1 Å². The van der Waals surface area contributed by atoms with Gasteiger partial charge in [-0.2, -0.15) is 0 Å². The molecule has 0 saturated heterocycles. The van der Waals surface area contributed by atoms with E-state index in [1.807, 2.05) is 13.8 Å². The summed E-state index contributed by atoms with van der Waals surface area (Å²) in [4.78, 5) is 11.7. The Morgan fingerprint density at radius 2 is 2.07 bits per heavy atom. The molecule has 2 unspecified atom stereocenters. The molecular weight excluding hydrogens is 188 g/mol. The molecule has 0 radical (unpaired) electrons. The van der Waals surface area contributed by atoms with Gasteiger partial charge < -0.3 is 11.1 Å². The molecule has 0 heterocycles. The van der Waals surface area contributed by atoms with E-state index in [1.165, 1.54) is 6.42 Å². The fraction of sp³-hybridized carbons (Fsp3) is 0.917. The maximum absolute atomic E-state index is 11.7. The third kappa shape index (κ3) is 3.49. The molecule has 3 heteroatoms. The molecule has 0 aromatic carbocycles. The molecule has 15 heavy (non-hydrogen) atoms. The van der Waals surface area contributed by atoms with E-state index >= 15 is 0 Å². The van der Waals surface area contributed by atoms with Crippen LogP contribution in [-0.4, -0.2) is 18.0 Å². The van der Waals surface area contributed by atoms with Gasteiger partial charge in [0.15, 0.2) is 0 Å². The van der Waals surface area contributed by atoms with Crippen molar-refractivity contribution in [2.45, 2.75) is 59.0 Å². The van der Waals surface area contributed by atoms with Gasteiger partial charge in [0.2, 0.25) is 5.91 Å². The van der Waals surface area contributed by atoms with E-state index in [4.69, 9.17) is 5.73 Å². The highest BCUT2D eigenvalue weighted by molar-refractivity contribution is 5.82. The average molecular weight is 212 g/mol. The first-order chi connectivity index (χ1) is 6.82. The van der Waals surface area contributed by atoms with Crippen molar-refractivity contribution < 1.29 is 4.79 Å². The van der Waals surface area contributed by atoms with Crippen LogP contribution in [0.15, 0.2) is 0 Å². The number of amides is 1. The average Bonchev–Trinajstić information content (AvgIpc) is 2.43. The molecule has 1 aliphatic rings. The first kappa shape index (κ1) is 12.5. The van der Waals surface area contributed by atoms with Crippen molar-refractivity contribution in [3.63, 3.8) is 0 Å². The van der Waals surface area contributed by atoms with Crippen molar-refractivity contribution in [1.82, 2.24) is 5.32 Å². The fourth-order valence-electron chi connectivity index (χ4n) is 2.16. The maximum atomic E-state index is 11.7. The summed E-state index contributed by atoms with van der Waals surface area (Å²) in [6, 6.07) is -0.0361. The van der Waals surface area contributed by atoms with Crippen LogP contribution in [0, 0.1) is 11.3 Å². The van der Waals surface area contributed by atoms with Crippen molar-refractivity contribution >= 4 is 5.91 Å². The monoisotopic (exact) mass is 212 g/mol. The van der Waals surface area contributed by atoms with Crippen LogP contribution in [0.5, 0.6) is 0 Å². The molecule has 0 bridgehead atoms. The second kappa shape index (κ2) is 4.52. The Balaban J connectivity index is 2.40. The molecule has 1 fully saturated rings. The smallest absolute Gasteiger partial charge is 0.237 e. The van der Waals surface area contributed by atoms with Gasteiger partial charge in [0.25, 0.3) is 0 Å². The van der Waals surface area contributed by atoms with E-state index in [0.717, 1.165) is 12.8 Å². The van der Waals surface area contributed by atoms with Crippen molar-refractivity contribution in [3.8, 4) is 0 Å². The lowest BCUT2D eigenvalue weighted by Gasteiger charge is -2.21. The number of carbonyl (C=O) groups is 1. The highest BCUT2D eigenvalue weighted by Crippen LogP contribution is 2.36. The highest BCUT2D eigenvalue weighted by atomic mass is 16.2. The Hall–Kier alpha value is -0.570. The summed E-state index contributed by atoms with van der Waals surface area (Å²) in [7, 11) is 0. The molecular formula is C12H24N2O. The van der Waals surface area contributed by atoms with Crippen LogP contribution in [0.4, 0.5) is 0 Å². The van der Waals surface area contributed by atoms with E-state index in [1.54, 1.807) is 0 Å². The second-order valence-corrected chi connectivity index (χ2v) is 5.88. The largest absolute Gasteiger partial charge is 0.352 e. The molecule has 88 valence electrons. The number of nitrogens with two attached hydrogens (primary N) is 1. The molecule has 1 aliphatic carbocycles. The summed E-state index contributed by atoms with van der Waals surface area (Å²) in [6.45, 7) is 8.45. The van der Waals surface area contributed by atoms with Crippen LogP contribution in [0.3, 0.4) is 0 Å². The first-order valence-electron chi connectivity index (χ1n) is 5.88. The van der Waals surface area contributed by atoms with E-state index in [-0.39, 0.29) is 17.9 Å². The van der Waals surface area contributed by atoms with Crippen LogP contribution in [0.1, 0.15) is 47.0 Å². The van der Waals surface area contributed by atoms with Crippen LogP contribution in [0.25, 0.3) is 0 Å². The van der Waals surface area contributed by atoms with Gasteiger partial charge in [0.1, 0.15) is 0 Å². The van der Waals surface area contributed by atoms with Crippen LogP contribution < -0.4 is 11.1 Å². The van der Waals surface area contributed by atoms with Gasteiger partial charge in [0.05, 0.1) is 6.04 Å². The predicted molar refractivity (Wildman–Crippen MR) is 62.4 cm³/mol. The summed E-state index contributed by atoms with van der Waals surface area (Å²) in [6.07, 6.45) is 3.35. The summed E-state index contributed by atoms with van der Waals surface area (Å²) in [5.41, 5.74) is 6.17. The van der Waals surface area contributed by atoms with E-state index in [9.17, 15) is 4.79 Å². The molecule has 0 aliphatic heterocycles. The quantitative estimate of drug-likeness (QED) is 0.747. The Kier molecular flexibility index (Phi) is 3.77. The Labute approximate surface area is 92.8 Å². The van der Waals surface area contributed by atoms with E-state index in [2.05, 4.69) is 19.2 Å². The predicted octanol–water partition coefficient (Wildman–Crippen LogP) is 1.66. The second-order valence-electron chi connectivity index (χ2n) is 5.88. The van der Waals surface area contributed by atoms with Crippen LogP contribution in [0.2, 0.25) is 0 Å². The summed E-state index contributed by atoms with van der Waals surface area (Å²) >= 11 is 0. The Bertz CT molecular complexity index is 236. The molecule has 1 rings (SSSR count). The lowest BCUT2D eigenvalue weighted by molar-refractivity contribution is -0.123. The molecule has 1 amide bonds. The van der Waals surface area contributed by atoms with Gasteiger partial charge in [-0.15, -0.1) is 0 Å². The lowest BCUT2D eigenvalue weighted by atomic mass is 9.92. The SMILES string of the molecule is CC(C)C(N)C(=O)NC1CCC(C)(C)C1. The zero-order chi connectivity index (χ0) is 11.6. The fourth-order valence-corrected chi connectivity index (χ4v) is 2.16. The molecule has 0 aromatic rings. The number of hydrogen-bond acceptors (Lipinski definition) is 2. The zero-order valence-electron chi connectivity index (χ0n) is 10.3. The van der Waals surface area contributed by atoms with Gasteiger partial charge in [-0.1, -0.05) is 27.7 Å².